The molecule has 2 nitrogen and oxygen atoms in total. The molecule has 3 heteroatoms. The van der Waals surface area contributed by atoms with Crippen LogP contribution in [0.4, 0.5) is 0 Å². The lowest BCUT2D eigenvalue weighted by molar-refractivity contribution is 0.216. The van der Waals surface area contributed by atoms with Crippen LogP contribution in [0.3, 0.4) is 0 Å². The van der Waals surface area contributed by atoms with Crippen LogP contribution in [-0.2, 0) is 6.54 Å². The molecular weight excluding hydrogens is 232 g/mol. The summed E-state index contributed by atoms with van der Waals surface area (Å²) in [4.78, 5) is 2.50. The summed E-state index contributed by atoms with van der Waals surface area (Å²) in [6.45, 7) is 3.44. The third-order valence-corrected chi connectivity index (χ3v) is 3.44. The van der Waals surface area contributed by atoms with Crippen molar-refractivity contribution in [1.29, 1.82) is 0 Å². The van der Waals surface area contributed by atoms with Crippen LogP contribution in [0.1, 0.15) is 24.8 Å². The molecule has 0 amide bonds. The van der Waals surface area contributed by atoms with Crippen molar-refractivity contribution in [3.63, 3.8) is 0 Å². The molecule has 1 atom stereocenters. The van der Waals surface area contributed by atoms with Crippen LogP contribution in [0.25, 0.3) is 0 Å². The molecule has 17 heavy (non-hydrogen) atoms. The van der Waals surface area contributed by atoms with Crippen molar-refractivity contribution in [2.75, 3.05) is 20.1 Å². The van der Waals surface area contributed by atoms with Crippen LogP contribution in [-0.4, -0.2) is 31.1 Å². The van der Waals surface area contributed by atoms with Gasteiger partial charge in [-0.3, -0.25) is 4.90 Å². The monoisotopic (exact) mass is 254 g/mol. The summed E-state index contributed by atoms with van der Waals surface area (Å²) in [5, 5.41) is 3.47. The minimum absolute atomic E-state index is 0. The lowest BCUT2D eigenvalue weighted by Gasteiger charge is -2.26. The Morgan fingerprint density at radius 1 is 1.18 bits per heavy atom. The molecule has 2 rings (SSSR count). The first-order valence-corrected chi connectivity index (χ1v) is 6.31. The highest BCUT2D eigenvalue weighted by atomic mass is 35.5. The van der Waals surface area contributed by atoms with E-state index in [0.717, 1.165) is 12.6 Å². The van der Waals surface area contributed by atoms with Gasteiger partial charge in [0.05, 0.1) is 0 Å². The smallest absolute Gasteiger partial charge is 0.0233 e. The van der Waals surface area contributed by atoms with Gasteiger partial charge in [0.2, 0.25) is 0 Å². The van der Waals surface area contributed by atoms with Crippen LogP contribution in [0.2, 0.25) is 0 Å². The second kappa shape index (κ2) is 7.70. The Bertz CT molecular complexity index is 294. The van der Waals surface area contributed by atoms with E-state index < -0.39 is 0 Å². The Hall–Kier alpha value is -0.570. The van der Waals surface area contributed by atoms with E-state index in [0.29, 0.717) is 0 Å². The molecule has 1 saturated heterocycles. The normalized spacial score (nSPS) is 20.7. The number of hydrogen-bond acceptors (Lipinski definition) is 2. The SMILES string of the molecule is CN(Cc1ccccc1)C1CCCNCC1.Cl. The van der Waals surface area contributed by atoms with Gasteiger partial charge in [-0.05, 0) is 45.0 Å². The molecule has 1 heterocycles. The third kappa shape index (κ3) is 4.66. The molecule has 1 aliphatic rings. The molecule has 1 aromatic rings. The Morgan fingerprint density at radius 2 is 1.94 bits per heavy atom. The van der Waals surface area contributed by atoms with Gasteiger partial charge in [0.15, 0.2) is 0 Å². The van der Waals surface area contributed by atoms with E-state index in [1.807, 2.05) is 0 Å². The predicted molar refractivity (Wildman–Crippen MR) is 75.7 cm³/mol. The van der Waals surface area contributed by atoms with Crippen LogP contribution in [0.5, 0.6) is 0 Å². The summed E-state index contributed by atoms with van der Waals surface area (Å²) in [5.41, 5.74) is 1.42. The first-order chi connectivity index (χ1) is 7.86. The van der Waals surface area contributed by atoms with Gasteiger partial charge in [-0.1, -0.05) is 30.3 Å². The Balaban J connectivity index is 0.00000144. The van der Waals surface area contributed by atoms with E-state index >= 15 is 0 Å². The van der Waals surface area contributed by atoms with Crippen LogP contribution in [0.15, 0.2) is 30.3 Å². The van der Waals surface area contributed by atoms with Crippen molar-refractivity contribution >= 4 is 12.4 Å². The van der Waals surface area contributed by atoms with Crippen molar-refractivity contribution in [2.24, 2.45) is 0 Å². The molecule has 0 saturated carbocycles. The molecule has 1 unspecified atom stereocenters. The standard InChI is InChI=1S/C14H22N2.ClH/c1-16(12-13-6-3-2-4-7-13)14-8-5-10-15-11-9-14;/h2-4,6-7,14-15H,5,8-12H2,1H3;1H. The van der Waals surface area contributed by atoms with Gasteiger partial charge in [-0.15, -0.1) is 12.4 Å². The third-order valence-electron chi connectivity index (χ3n) is 3.44. The van der Waals surface area contributed by atoms with Gasteiger partial charge in [0, 0.05) is 12.6 Å². The summed E-state index contributed by atoms with van der Waals surface area (Å²) in [6, 6.07) is 11.5. The lowest BCUT2D eigenvalue weighted by Crippen LogP contribution is -2.31. The topological polar surface area (TPSA) is 15.3 Å². The number of hydrogen-bond donors (Lipinski definition) is 1. The molecule has 0 radical (unpaired) electrons. The molecule has 1 aliphatic heterocycles. The van der Waals surface area contributed by atoms with Crippen molar-refractivity contribution in [3.8, 4) is 0 Å². The first kappa shape index (κ1) is 14.5. The van der Waals surface area contributed by atoms with Crippen molar-refractivity contribution in [1.82, 2.24) is 10.2 Å². The minimum atomic E-state index is 0. The molecule has 96 valence electrons. The second-order valence-electron chi connectivity index (χ2n) is 4.74. The number of rotatable bonds is 3. The van der Waals surface area contributed by atoms with Crippen LogP contribution >= 0.6 is 12.4 Å². The minimum Gasteiger partial charge on any atom is -0.317 e. The molecule has 0 bridgehead atoms. The highest BCUT2D eigenvalue weighted by Gasteiger charge is 2.16. The molecule has 1 aromatic carbocycles. The molecule has 0 aliphatic carbocycles. The molecule has 0 spiro atoms. The Labute approximate surface area is 111 Å². The van der Waals surface area contributed by atoms with E-state index in [9.17, 15) is 0 Å². The van der Waals surface area contributed by atoms with Gasteiger partial charge < -0.3 is 5.32 Å². The zero-order valence-electron chi connectivity index (χ0n) is 10.6. The molecule has 0 aromatic heterocycles. The van der Waals surface area contributed by atoms with Crippen molar-refractivity contribution < 1.29 is 0 Å². The van der Waals surface area contributed by atoms with E-state index in [4.69, 9.17) is 0 Å². The van der Waals surface area contributed by atoms with E-state index in [-0.39, 0.29) is 12.4 Å². The summed E-state index contributed by atoms with van der Waals surface area (Å²) >= 11 is 0. The summed E-state index contributed by atoms with van der Waals surface area (Å²) in [7, 11) is 2.25. The van der Waals surface area contributed by atoms with E-state index in [2.05, 4.69) is 47.6 Å². The fourth-order valence-corrected chi connectivity index (χ4v) is 2.44. The van der Waals surface area contributed by atoms with Crippen molar-refractivity contribution in [2.45, 2.75) is 31.8 Å². The lowest BCUT2D eigenvalue weighted by atomic mass is 10.1. The largest absolute Gasteiger partial charge is 0.317 e. The van der Waals surface area contributed by atoms with Gasteiger partial charge in [0.1, 0.15) is 0 Å². The Morgan fingerprint density at radius 3 is 2.71 bits per heavy atom. The fraction of sp³-hybridized carbons (Fsp3) is 0.571. The zero-order valence-corrected chi connectivity index (χ0v) is 11.4. The quantitative estimate of drug-likeness (QED) is 0.892. The average Bonchev–Trinajstić information content (AvgIpc) is 2.59. The van der Waals surface area contributed by atoms with Gasteiger partial charge in [0.25, 0.3) is 0 Å². The maximum absolute atomic E-state index is 3.47. The second-order valence-corrected chi connectivity index (χ2v) is 4.74. The average molecular weight is 255 g/mol. The fourth-order valence-electron chi connectivity index (χ4n) is 2.44. The maximum Gasteiger partial charge on any atom is 0.0233 e. The van der Waals surface area contributed by atoms with Gasteiger partial charge in [-0.2, -0.15) is 0 Å². The molecule has 1 N–H and O–H groups in total. The first-order valence-electron chi connectivity index (χ1n) is 6.31. The number of nitrogens with one attached hydrogen (secondary N) is 1. The highest BCUT2D eigenvalue weighted by Crippen LogP contribution is 2.14. The number of nitrogens with zero attached hydrogens (tertiary/aromatic N) is 1. The van der Waals surface area contributed by atoms with Crippen LogP contribution < -0.4 is 5.32 Å². The number of halogens is 1. The predicted octanol–water partition coefficient (Wildman–Crippen LogP) is 2.68. The Kier molecular flexibility index (Phi) is 6.56. The molecular formula is C14H23ClN2. The molecule has 1 fully saturated rings. The zero-order chi connectivity index (χ0) is 11.2. The van der Waals surface area contributed by atoms with E-state index in [1.54, 1.807) is 0 Å². The van der Waals surface area contributed by atoms with Crippen molar-refractivity contribution in [3.05, 3.63) is 35.9 Å². The maximum atomic E-state index is 3.47. The summed E-state index contributed by atoms with van der Waals surface area (Å²) in [5.74, 6) is 0. The highest BCUT2D eigenvalue weighted by molar-refractivity contribution is 5.85. The van der Waals surface area contributed by atoms with Gasteiger partial charge >= 0.3 is 0 Å². The van der Waals surface area contributed by atoms with Gasteiger partial charge in [-0.25, -0.2) is 0 Å². The summed E-state index contributed by atoms with van der Waals surface area (Å²) in [6.07, 6.45) is 3.92. The van der Waals surface area contributed by atoms with Crippen LogP contribution in [0, 0.1) is 0 Å². The van der Waals surface area contributed by atoms with E-state index in [1.165, 1.54) is 37.9 Å². The number of benzene rings is 1. The summed E-state index contributed by atoms with van der Waals surface area (Å²) < 4.78 is 0.